The number of nitrogens with one attached hydrogen (secondary N) is 1. The van der Waals surface area contributed by atoms with E-state index in [0.717, 1.165) is 16.5 Å². The molecule has 1 heterocycles. The average molecular weight is 506 g/mol. The molecule has 0 aliphatic carbocycles. The minimum atomic E-state index is -0.422. The van der Waals surface area contributed by atoms with Crippen molar-refractivity contribution in [3.8, 4) is 5.75 Å². The standard InChI is InChI=1S/C24H16Cl4N2O2/c1-13-11-29-22-15(23(13)32-12-14-8-9-16(25)19(28)10-14)4-2-7-20(22)30-24(31)21-17(26)5-3-6-18(21)27/h2-11H,12H2,1H3,(H,30,31). The molecule has 1 N–H and O–H groups in total. The molecule has 3 aromatic carbocycles. The lowest BCUT2D eigenvalue weighted by Crippen LogP contribution is -2.13. The third kappa shape index (κ3) is 4.64. The number of carbonyl (C=O) groups excluding carboxylic acids is 1. The third-order valence-corrected chi connectivity index (χ3v) is 6.20. The Bertz CT molecular complexity index is 1320. The van der Waals surface area contributed by atoms with Crippen LogP contribution in [0.5, 0.6) is 5.75 Å². The highest BCUT2D eigenvalue weighted by Crippen LogP contribution is 2.34. The van der Waals surface area contributed by atoms with Crippen LogP contribution in [0.4, 0.5) is 5.69 Å². The van der Waals surface area contributed by atoms with E-state index in [9.17, 15) is 4.79 Å². The van der Waals surface area contributed by atoms with Crippen molar-refractivity contribution in [3.63, 3.8) is 0 Å². The Kier molecular flexibility index (Phi) is 6.77. The Morgan fingerprint density at radius 1 is 0.938 bits per heavy atom. The summed E-state index contributed by atoms with van der Waals surface area (Å²) in [4.78, 5) is 17.4. The lowest BCUT2D eigenvalue weighted by molar-refractivity contribution is 0.102. The predicted octanol–water partition coefficient (Wildman–Crippen LogP) is 7.99. The second kappa shape index (κ2) is 9.55. The number of aromatic nitrogens is 1. The van der Waals surface area contributed by atoms with E-state index < -0.39 is 5.91 Å². The van der Waals surface area contributed by atoms with E-state index in [1.807, 2.05) is 25.1 Å². The van der Waals surface area contributed by atoms with Crippen molar-refractivity contribution in [2.24, 2.45) is 0 Å². The summed E-state index contributed by atoms with van der Waals surface area (Å²) in [7, 11) is 0. The van der Waals surface area contributed by atoms with Crippen LogP contribution in [0.2, 0.25) is 20.1 Å². The summed E-state index contributed by atoms with van der Waals surface area (Å²) in [6.07, 6.45) is 1.70. The number of nitrogens with zero attached hydrogens (tertiary/aromatic N) is 1. The molecule has 1 aromatic heterocycles. The van der Waals surface area contributed by atoms with Crippen molar-refractivity contribution in [2.45, 2.75) is 13.5 Å². The molecule has 0 spiro atoms. The summed E-state index contributed by atoms with van der Waals surface area (Å²) < 4.78 is 6.12. The summed E-state index contributed by atoms with van der Waals surface area (Å²) in [6.45, 7) is 2.20. The SMILES string of the molecule is Cc1cnc2c(NC(=O)c3c(Cl)cccc3Cl)cccc2c1OCc1ccc(Cl)c(Cl)c1. The first kappa shape index (κ1) is 22.7. The normalized spacial score (nSPS) is 10.9. The van der Waals surface area contributed by atoms with Gasteiger partial charge in [-0.3, -0.25) is 9.78 Å². The van der Waals surface area contributed by atoms with Gasteiger partial charge < -0.3 is 10.1 Å². The van der Waals surface area contributed by atoms with Crippen molar-refractivity contribution in [1.29, 1.82) is 0 Å². The molecule has 0 unspecified atom stereocenters. The lowest BCUT2D eigenvalue weighted by Gasteiger charge is -2.15. The molecule has 0 saturated carbocycles. The molecule has 4 aromatic rings. The second-order valence-electron chi connectivity index (χ2n) is 7.06. The molecule has 0 bridgehead atoms. The third-order valence-electron chi connectivity index (χ3n) is 4.83. The van der Waals surface area contributed by atoms with Crippen LogP contribution in [0.25, 0.3) is 10.9 Å². The molecule has 0 aliphatic rings. The average Bonchev–Trinajstić information content (AvgIpc) is 2.75. The highest BCUT2D eigenvalue weighted by Gasteiger charge is 2.17. The van der Waals surface area contributed by atoms with Crippen LogP contribution >= 0.6 is 46.4 Å². The van der Waals surface area contributed by atoms with E-state index in [4.69, 9.17) is 51.1 Å². The van der Waals surface area contributed by atoms with Crippen LogP contribution in [0.15, 0.2) is 60.8 Å². The van der Waals surface area contributed by atoms with Gasteiger partial charge in [-0.2, -0.15) is 0 Å². The maximum atomic E-state index is 12.9. The van der Waals surface area contributed by atoms with Gasteiger partial charge in [0.25, 0.3) is 5.91 Å². The number of rotatable bonds is 5. The summed E-state index contributed by atoms with van der Waals surface area (Å²) >= 11 is 24.5. The molecule has 162 valence electrons. The van der Waals surface area contributed by atoms with Gasteiger partial charge in [0.15, 0.2) is 0 Å². The molecule has 0 aliphatic heterocycles. The number of hydrogen-bond donors (Lipinski definition) is 1. The molecular formula is C24H16Cl4N2O2. The maximum absolute atomic E-state index is 12.9. The molecule has 4 nitrogen and oxygen atoms in total. The van der Waals surface area contributed by atoms with Crippen LogP contribution in [-0.4, -0.2) is 10.9 Å². The minimum Gasteiger partial charge on any atom is -0.488 e. The first-order chi connectivity index (χ1) is 15.3. The maximum Gasteiger partial charge on any atom is 0.258 e. The number of aryl methyl sites for hydroxylation is 1. The second-order valence-corrected chi connectivity index (χ2v) is 8.69. The van der Waals surface area contributed by atoms with Crippen molar-refractivity contribution < 1.29 is 9.53 Å². The Morgan fingerprint density at radius 3 is 2.38 bits per heavy atom. The lowest BCUT2D eigenvalue weighted by atomic mass is 10.1. The zero-order valence-corrected chi connectivity index (χ0v) is 19.8. The first-order valence-electron chi connectivity index (χ1n) is 9.55. The number of anilines is 1. The molecule has 32 heavy (non-hydrogen) atoms. The smallest absolute Gasteiger partial charge is 0.258 e. The van der Waals surface area contributed by atoms with Crippen LogP contribution in [0.3, 0.4) is 0 Å². The van der Waals surface area contributed by atoms with Crippen molar-refractivity contribution in [3.05, 3.63) is 97.6 Å². The zero-order valence-electron chi connectivity index (χ0n) is 16.8. The van der Waals surface area contributed by atoms with E-state index in [1.165, 1.54) is 0 Å². The van der Waals surface area contributed by atoms with Crippen molar-refractivity contribution in [1.82, 2.24) is 4.98 Å². The number of fused-ring (bicyclic) bond motifs is 1. The number of hydrogen-bond acceptors (Lipinski definition) is 3. The first-order valence-corrected chi connectivity index (χ1v) is 11.1. The molecule has 0 atom stereocenters. The van der Waals surface area contributed by atoms with Crippen LogP contribution < -0.4 is 10.1 Å². The van der Waals surface area contributed by atoms with E-state index >= 15 is 0 Å². The van der Waals surface area contributed by atoms with Gasteiger partial charge in [-0.05, 0) is 48.9 Å². The topological polar surface area (TPSA) is 51.2 Å². The Hall–Kier alpha value is -2.50. The van der Waals surface area contributed by atoms with Crippen molar-refractivity contribution in [2.75, 3.05) is 5.32 Å². The van der Waals surface area contributed by atoms with Gasteiger partial charge in [-0.25, -0.2) is 0 Å². The van der Waals surface area contributed by atoms with Crippen LogP contribution in [0, 0.1) is 6.92 Å². The van der Waals surface area contributed by atoms with E-state index in [-0.39, 0.29) is 15.6 Å². The molecule has 0 saturated heterocycles. The largest absolute Gasteiger partial charge is 0.488 e. The highest BCUT2D eigenvalue weighted by molar-refractivity contribution is 6.42. The zero-order chi connectivity index (χ0) is 22.8. The summed E-state index contributed by atoms with van der Waals surface area (Å²) in [6, 6.07) is 15.7. The van der Waals surface area contributed by atoms with Gasteiger partial charge in [-0.15, -0.1) is 0 Å². The Balaban J connectivity index is 1.66. The quantitative estimate of drug-likeness (QED) is 0.299. The number of ether oxygens (including phenoxy) is 1. The van der Waals surface area contributed by atoms with E-state index in [1.54, 1.807) is 42.6 Å². The fourth-order valence-electron chi connectivity index (χ4n) is 3.28. The summed E-state index contributed by atoms with van der Waals surface area (Å²) in [5.41, 5.74) is 3.04. The molecule has 0 radical (unpaired) electrons. The fourth-order valence-corrected chi connectivity index (χ4v) is 4.16. The minimum absolute atomic E-state index is 0.205. The van der Waals surface area contributed by atoms with Crippen LogP contribution in [-0.2, 0) is 6.61 Å². The fraction of sp³-hybridized carbons (Fsp3) is 0.0833. The Labute approximate surface area is 205 Å². The Morgan fingerprint density at radius 2 is 1.66 bits per heavy atom. The van der Waals surface area contributed by atoms with E-state index in [0.29, 0.717) is 33.6 Å². The van der Waals surface area contributed by atoms with Gasteiger partial charge in [0.05, 0.1) is 36.9 Å². The highest BCUT2D eigenvalue weighted by atomic mass is 35.5. The number of carbonyl (C=O) groups is 1. The molecule has 4 rings (SSSR count). The molecular weight excluding hydrogens is 490 g/mol. The van der Waals surface area contributed by atoms with Gasteiger partial charge in [-0.1, -0.05) is 64.6 Å². The summed E-state index contributed by atoms with van der Waals surface area (Å²) in [5.74, 6) is 0.238. The number of amides is 1. The van der Waals surface area contributed by atoms with Crippen LogP contribution in [0.1, 0.15) is 21.5 Å². The van der Waals surface area contributed by atoms with Gasteiger partial charge in [0.1, 0.15) is 12.4 Å². The van der Waals surface area contributed by atoms with Crippen molar-refractivity contribution >= 4 is 68.9 Å². The number of benzene rings is 3. The molecule has 0 fully saturated rings. The molecule has 1 amide bonds. The predicted molar refractivity (Wildman–Crippen MR) is 132 cm³/mol. The number of pyridine rings is 1. The summed E-state index contributed by atoms with van der Waals surface area (Å²) in [5, 5.41) is 5.10. The molecule has 8 heteroatoms. The van der Waals surface area contributed by atoms with Gasteiger partial charge >= 0.3 is 0 Å². The number of para-hydroxylation sites is 1. The van der Waals surface area contributed by atoms with E-state index in [2.05, 4.69) is 10.3 Å². The van der Waals surface area contributed by atoms with Gasteiger partial charge in [0.2, 0.25) is 0 Å². The monoisotopic (exact) mass is 504 g/mol. The number of halogens is 4. The van der Waals surface area contributed by atoms with Gasteiger partial charge in [0, 0.05) is 17.1 Å².